The van der Waals surface area contributed by atoms with Gasteiger partial charge in [0.15, 0.2) is 0 Å². The molecule has 1 aliphatic heterocycles. The second kappa shape index (κ2) is 5.37. The Morgan fingerprint density at radius 1 is 1.10 bits per heavy atom. The maximum absolute atomic E-state index is 11.6. The zero-order chi connectivity index (χ0) is 15.8. The molecule has 1 aliphatic rings. The maximum Gasteiger partial charge on any atom is 0.238 e. The molecule has 0 aliphatic carbocycles. The van der Waals surface area contributed by atoms with Gasteiger partial charge in [0.05, 0.1) is 9.79 Å². The lowest BCUT2D eigenvalue weighted by atomic mass is 9.91. The van der Waals surface area contributed by atoms with Crippen molar-refractivity contribution in [2.75, 3.05) is 6.54 Å². The Morgan fingerprint density at radius 2 is 1.76 bits per heavy atom. The number of benzene rings is 1. The zero-order valence-corrected chi connectivity index (χ0v) is 12.6. The Morgan fingerprint density at radius 3 is 2.24 bits per heavy atom. The lowest BCUT2D eigenvalue weighted by Gasteiger charge is -2.24. The first kappa shape index (κ1) is 15.9. The van der Waals surface area contributed by atoms with E-state index < -0.39 is 20.0 Å². The van der Waals surface area contributed by atoms with Gasteiger partial charge in [-0.2, -0.15) is 0 Å². The molecule has 1 heterocycles. The van der Waals surface area contributed by atoms with Crippen molar-refractivity contribution in [3.8, 4) is 0 Å². The van der Waals surface area contributed by atoms with Gasteiger partial charge in [-0.15, -0.1) is 0 Å². The molecular formula is C11H15N3O5S2. The summed E-state index contributed by atoms with van der Waals surface area (Å²) in [4.78, 5) is 10.8. The van der Waals surface area contributed by atoms with Crippen LogP contribution in [-0.4, -0.2) is 29.3 Å². The number of carbonyl (C=O) groups excluding carboxylic acids is 1. The van der Waals surface area contributed by atoms with Crippen LogP contribution < -0.4 is 15.6 Å². The minimum Gasteiger partial charge on any atom is -0.355 e. The molecule has 0 saturated carbocycles. The summed E-state index contributed by atoms with van der Waals surface area (Å²) < 4.78 is 46.1. The number of hydrogen-bond acceptors (Lipinski definition) is 5. The van der Waals surface area contributed by atoms with Gasteiger partial charge in [-0.05, 0) is 30.2 Å². The molecule has 1 saturated heterocycles. The third-order valence-electron chi connectivity index (χ3n) is 3.32. The summed E-state index contributed by atoms with van der Waals surface area (Å²) >= 11 is 0. The Hall–Kier alpha value is -1.49. The summed E-state index contributed by atoms with van der Waals surface area (Å²) in [6.07, 6.45) is 0.636. The third kappa shape index (κ3) is 3.59. The molecule has 5 N–H and O–H groups in total. The number of nitrogens with one attached hydrogen (secondary N) is 1. The van der Waals surface area contributed by atoms with Gasteiger partial charge < -0.3 is 5.32 Å². The molecule has 0 spiro atoms. The van der Waals surface area contributed by atoms with Crippen molar-refractivity contribution in [2.45, 2.75) is 28.6 Å². The van der Waals surface area contributed by atoms with Crippen molar-refractivity contribution >= 4 is 26.0 Å². The van der Waals surface area contributed by atoms with Crippen molar-refractivity contribution in [2.24, 2.45) is 10.3 Å². The van der Waals surface area contributed by atoms with E-state index in [2.05, 4.69) is 5.32 Å². The monoisotopic (exact) mass is 333 g/mol. The third-order valence-corrected chi connectivity index (χ3v) is 5.22. The summed E-state index contributed by atoms with van der Waals surface area (Å²) in [7, 11) is -7.97. The highest BCUT2D eigenvalue weighted by Gasteiger charge is 2.26. The quantitative estimate of drug-likeness (QED) is 0.647. The predicted molar refractivity (Wildman–Crippen MR) is 74.2 cm³/mol. The molecule has 1 amide bonds. The van der Waals surface area contributed by atoms with Gasteiger partial charge in [0.1, 0.15) is 0 Å². The van der Waals surface area contributed by atoms with E-state index in [1.54, 1.807) is 0 Å². The number of nitrogens with two attached hydrogens (primary N) is 2. The van der Waals surface area contributed by atoms with Crippen molar-refractivity contribution in [3.63, 3.8) is 0 Å². The van der Waals surface area contributed by atoms with Crippen LogP contribution in [0.25, 0.3) is 0 Å². The molecular weight excluding hydrogens is 318 g/mol. The lowest BCUT2D eigenvalue weighted by Crippen LogP contribution is -2.34. The lowest BCUT2D eigenvalue weighted by molar-refractivity contribution is -0.122. The standard InChI is InChI=1S/C11H15N3O5S2/c12-20(16,17)8-2-3-10(21(13,18)19)9(5-8)7-1-4-11(15)14-6-7/h2-3,5,7H,1,4,6H2,(H,14,15)(H2,12,16,17)(H2,13,18,19). The molecule has 8 nitrogen and oxygen atoms in total. The smallest absolute Gasteiger partial charge is 0.238 e. The fourth-order valence-corrected chi connectivity index (χ4v) is 3.64. The molecule has 0 aromatic heterocycles. The Kier molecular flexibility index (Phi) is 4.06. The number of hydrogen-bond donors (Lipinski definition) is 3. The van der Waals surface area contributed by atoms with E-state index in [4.69, 9.17) is 10.3 Å². The first-order valence-corrected chi connectivity index (χ1v) is 9.14. The van der Waals surface area contributed by atoms with Crippen LogP contribution in [-0.2, 0) is 24.8 Å². The van der Waals surface area contributed by atoms with E-state index in [1.807, 2.05) is 0 Å². The van der Waals surface area contributed by atoms with Crippen LogP contribution in [0.2, 0.25) is 0 Å². The molecule has 2 rings (SSSR count). The van der Waals surface area contributed by atoms with Gasteiger partial charge in [0.25, 0.3) is 0 Å². The molecule has 1 fully saturated rings. The number of sulfonamides is 2. The molecule has 0 bridgehead atoms. The Labute approximate surface area is 122 Å². The fraction of sp³-hybridized carbons (Fsp3) is 0.364. The van der Waals surface area contributed by atoms with Gasteiger partial charge >= 0.3 is 0 Å². The van der Waals surface area contributed by atoms with Crippen LogP contribution in [0.3, 0.4) is 0 Å². The first-order valence-electron chi connectivity index (χ1n) is 6.05. The number of rotatable bonds is 3. The molecule has 1 aromatic rings. The SMILES string of the molecule is NS(=O)(=O)c1ccc(S(N)(=O)=O)c(C2CCC(=O)NC2)c1. The van der Waals surface area contributed by atoms with Gasteiger partial charge in [0.2, 0.25) is 26.0 Å². The van der Waals surface area contributed by atoms with Crippen LogP contribution in [0.1, 0.15) is 24.3 Å². The minimum atomic E-state index is -4.01. The largest absolute Gasteiger partial charge is 0.355 e. The van der Waals surface area contributed by atoms with Crippen LogP contribution >= 0.6 is 0 Å². The van der Waals surface area contributed by atoms with E-state index in [0.29, 0.717) is 6.42 Å². The molecule has 0 radical (unpaired) electrons. The predicted octanol–water partition coefficient (Wildman–Crippen LogP) is -1.02. The summed E-state index contributed by atoms with van der Waals surface area (Å²) in [5.74, 6) is -0.469. The average Bonchev–Trinajstić information content (AvgIpc) is 2.37. The number of primary sulfonamides is 2. The second-order valence-electron chi connectivity index (χ2n) is 4.83. The molecule has 10 heteroatoms. The van der Waals surface area contributed by atoms with E-state index in [0.717, 1.165) is 12.1 Å². The van der Waals surface area contributed by atoms with Gasteiger partial charge in [-0.3, -0.25) is 4.79 Å². The highest BCUT2D eigenvalue weighted by molar-refractivity contribution is 7.89. The summed E-state index contributed by atoms with van der Waals surface area (Å²) in [5, 5.41) is 12.8. The van der Waals surface area contributed by atoms with Crippen molar-refractivity contribution in [3.05, 3.63) is 23.8 Å². The van der Waals surface area contributed by atoms with E-state index in [9.17, 15) is 21.6 Å². The molecule has 1 unspecified atom stereocenters. The maximum atomic E-state index is 11.6. The highest BCUT2D eigenvalue weighted by Crippen LogP contribution is 2.30. The molecule has 1 atom stereocenters. The van der Waals surface area contributed by atoms with Crippen LogP contribution in [0.15, 0.2) is 28.0 Å². The van der Waals surface area contributed by atoms with Gasteiger partial charge in [-0.25, -0.2) is 27.1 Å². The summed E-state index contributed by atoms with van der Waals surface area (Å²) in [5.41, 5.74) is 0.254. The number of amides is 1. The fourth-order valence-electron chi connectivity index (χ4n) is 2.28. The van der Waals surface area contributed by atoms with Crippen LogP contribution in [0.4, 0.5) is 0 Å². The normalized spacial score (nSPS) is 20.1. The second-order valence-corrected chi connectivity index (χ2v) is 7.92. The van der Waals surface area contributed by atoms with Crippen molar-refractivity contribution in [1.82, 2.24) is 5.32 Å². The first-order chi connectivity index (χ1) is 9.59. The Balaban J connectivity index is 2.56. The minimum absolute atomic E-state index is 0.133. The van der Waals surface area contributed by atoms with Gasteiger partial charge in [0, 0.05) is 18.9 Å². The Bertz CT molecular complexity index is 776. The van der Waals surface area contributed by atoms with E-state index in [1.165, 1.54) is 6.07 Å². The number of carbonyl (C=O) groups is 1. The van der Waals surface area contributed by atoms with Crippen molar-refractivity contribution in [1.29, 1.82) is 0 Å². The van der Waals surface area contributed by atoms with Crippen LogP contribution in [0, 0.1) is 0 Å². The average molecular weight is 333 g/mol. The summed E-state index contributed by atoms with van der Waals surface area (Å²) in [6, 6.07) is 3.43. The van der Waals surface area contributed by atoms with E-state index in [-0.39, 0.29) is 40.1 Å². The molecule has 1 aromatic carbocycles. The zero-order valence-electron chi connectivity index (χ0n) is 10.9. The highest BCUT2D eigenvalue weighted by atomic mass is 32.2. The van der Waals surface area contributed by atoms with Crippen LogP contribution in [0.5, 0.6) is 0 Å². The number of piperidine rings is 1. The molecule has 116 valence electrons. The topological polar surface area (TPSA) is 149 Å². The van der Waals surface area contributed by atoms with E-state index >= 15 is 0 Å². The molecule has 21 heavy (non-hydrogen) atoms. The van der Waals surface area contributed by atoms with Crippen molar-refractivity contribution < 1.29 is 21.6 Å². The van der Waals surface area contributed by atoms with Gasteiger partial charge in [-0.1, -0.05) is 0 Å². The summed E-state index contributed by atoms with van der Waals surface area (Å²) in [6.45, 7) is 0.218.